The van der Waals surface area contributed by atoms with Crippen molar-refractivity contribution < 1.29 is 0 Å². The lowest BCUT2D eigenvalue weighted by Crippen LogP contribution is -2.10. The van der Waals surface area contributed by atoms with Gasteiger partial charge >= 0.3 is 0 Å². The molecule has 10 rings (SSSR count). The van der Waals surface area contributed by atoms with Crippen LogP contribution in [-0.2, 0) is 0 Å². The number of nitrogens with zero attached hydrogens (tertiary/aromatic N) is 1. The maximum absolute atomic E-state index is 2.36. The zero-order valence-corrected chi connectivity index (χ0v) is 29.2. The molecule has 52 heavy (non-hydrogen) atoms. The van der Waals surface area contributed by atoms with Crippen LogP contribution in [0.3, 0.4) is 0 Å². The van der Waals surface area contributed by atoms with Crippen molar-refractivity contribution in [3.05, 3.63) is 200 Å². The summed E-state index contributed by atoms with van der Waals surface area (Å²) in [6.45, 7) is 0. The molecule has 0 aliphatic heterocycles. The smallest absolute Gasteiger partial charge is 0.0467 e. The number of fused-ring (bicyclic) bond motifs is 6. The van der Waals surface area contributed by atoms with Gasteiger partial charge in [-0.25, -0.2) is 0 Å². The van der Waals surface area contributed by atoms with Crippen molar-refractivity contribution >= 4 is 70.1 Å². The van der Waals surface area contributed by atoms with E-state index in [4.69, 9.17) is 0 Å². The number of anilines is 3. The van der Waals surface area contributed by atoms with Crippen LogP contribution in [0.1, 0.15) is 0 Å². The molecule has 0 saturated carbocycles. The lowest BCUT2D eigenvalue weighted by atomic mass is 9.97. The third-order valence-electron chi connectivity index (χ3n) is 10.3. The van der Waals surface area contributed by atoms with Gasteiger partial charge in [0.15, 0.2) is 0 Å². The van der Waals surface area contributed by atoms with Crippen LogP contribution in [-0.4, -0.2) is 0 Å². The Morgan fingerprint density at radius 2 is 0.904 bits per heavy atom. The molecule has 0 unspecified atom stereocenters. The summed E-state index contributed by atoms with van der Waals surface area (Å²) in [4.78, 5) is 2.36. The molecule has 0 spiro atoms. The van der Waals surface area contributed by atoms with Gasteiger partial charge in [-0.3, -0.25) is 0 Å². The fraction of sp³-hybridized carbons (Fsp3) is 0. The minimum atomic E-state index is 1.11. The van der Waals surface area contributed by atoms with E-state index in [1.54, 1.807) is 0 Å². The van der Waals surface area contributed by atoms with E-state index in [0.29, 0.717) is 0 Å². The summed E-state index contributed by atoms with van der Waals surface area (Å²) in [6, 6.07) is 72.8. The standard InChI is InChI=1S/C50H33NS/c1-2-10-34(11-3-1)38-14-8-15-43(33-38)51(42-28-22-37(23-29-42)45-18-9-13-36-12-4-5-16-44(36)45)41-26-20-35(21-27-41)39-24-30-46-40(32-39)25-31-48-47-17-6-7-19-49(47)52-50(46)48/h1-33H. The third kappa shape index (κ3) is 5.33. The van der Waals surface area contributed by atoms with Crippen molar-refractivity contribution in [2.45, 2.75) is 0 Å². The first-order valence-electron chi connectivity index (χ1n) is 17.8. The van der Waals surface area contributed by atoms with Gasteiger partial charge in [0.05, 0.1) is 0 Å². The highest BCUT2D eigenvalue weighted by Crippen LogP contribution is 2.41. The van der Waals surface area contributed by atoms with Crippen molar-refractivity contribution in [2.75, 3.05) is 4.90 Å². The van der Waals surface area contributed by atoms with Gasteiger partial charge in [-0.1, -0.05) is 152 Å². The Balaban J connectivity index is 1.04. The van der Waals surface area contributed by atoms with E-state index in [9.17, 15) is 0 Å². The van der Waals surface area contributed by atoms with Crippen LogP contribution in [0, 0.1) is 0 Å². The summed E-state index contributed by atoms with van der Waals surface area (Å²) in [5.41, 5.74) is 10.6. The van der Waals surface area contributed by atoms with Gasteiger partial charge in [0.2, 0.25) is 0 Å². The molecule has 2 heteroatoms. The van der Waals surface area contributed by atoms with Gasteiger partial charge in [-0.15, -0.1) is 11.3 Å². The second-order valence-electron chi connectivity index (χ2n) is 13.3. The summed E-state index contributed by atoms with van der Waals surface area (Å²) in [6.07, 6.45) is 0. The normalized spacial score (nSPS) is 11.5. The number of hydrogen-bond acceptors (Lipinski definition) is 2. The van der Waals surface area contributed by atoms with E-state index in [1.165, 1.54) is 75.1 Å². The molecule has 9 aromatic carbocycles. The van der Waals surface area contributed by atoms with Crippen molar-refractivity contribution in [1.82, 2.24) is 0 Å². The Morgan fingerprint density at radius 1 is 0.308 bits per heavy atom. The van der Waals surface area contributed by atoms with Gasteiger partial charge in [-0.2, -0.15) is 0 Å². The van der Waals surface area contributed by atoms with Gasteiger partial charge in [-0.05, 0) is 103 Å². The van der Waals surface area contributed by atoms with Crippen LogP contribution in [0.4, 0.5) is 17.1 Å². The van der Waals surface area contributed by atoms with Crippen molar-refractivity contribution in [3.8, 4) is 33.4 Å². The molecule has 244 valence electrons. The Morgan fingerprint density at radius 3 is 1.73 bits per heavy atom. The minimum absolute atomic E-state index is 1.11. The molecule has 0 amide bonds. The Bertz CT molecular complexity index is 2880. The largest absolute Gasteiger partial charge is 0.310 e. The molecule has 0 fully saturated rings. The summed E-state index contributed by atoms with van der Waals surface area (Å²) < 4.78 is 2.70. The van der Waals surface area contributed by atoms with Crippen LogP contribution in [0.15, 0.2) is 200 Å². The Hall–Kier alpha value is -6.48. The van der Waals surface area contributed by atoms with Gasteiger partial charge in [0.25, 0.3) is 0 Å². The van der Waals surface area contributed by atoms with E-state index in [2.05, 4.69) is 205 Å². The molecular weight excluding hydrogens is 647 g/mol. The Kier molecular flexibility index (Phi) is 7.41. The predicted molar refractivity (Wildman–Crippen MR) is 225 cm³/mol. The maximum Gasteiger partial charge on any atom is 0.0467 e. The second-order valence-corrected chi connectivity index (χ2v) is 14.4. The molecule has 0 saturated heterocycles. The number of thiophene rings is 1. The van der Waals surface area contributed by atoms with Gasteiger partial charge in [0.1, 0.15) is 0 Å². The van der Waals surface area contributed by atoms with Crippen LogP contribution < -0.4 is 4.90 Å². The Labute approximate surface area is 307 Å². The summed E-state index contributed by atoms with van der Waals surface area (Å²) >= 11 is 1.89. The molecular formula is C50H33NS. The molecule has 0 aliphatic carbocycles. The van der Waals surface area contributed by atoms with Crippen LogP contribution in [0.2, 0.25) is 0 Å². The van der Waals surface area contributed by atoms with E-state index >= 15 is 0 Å². The maximum atomic E-state index is 2.36. The summed E-state index contributed by atoms with van der Waals surface area (Å²) in [7, 11) is 0. The highest BCUT2D eigenvalue weighted by Gasteiger charge is 2.15. The molecule has 0 aliphatic rings. The van der Waals surface area contributed by atoms with E-state index < -0.39 is 0 Å². The average molecular weight is 680 g/mol. The lowest BCUT2D eigenvalue weighted by Gasteiger charge is -2.26. The molecule has 1 aromatic heterocycles. The van der Waals surface area contributed by atoms with Crippen molar-refractivity contribution in [1.29, 1.82) is 0 Å². The fourth-order valence-corrected chi connectivity index (χ4v) is 8.90. The van der Waals surface area contributed by atoms with Crippen molar-refractivity contribution in [3.63, 3.8) is 0 Å². The van der Waals surface area contributed by atoms with Crippen LogP contribution in [0.25, 0.3) is 75.1 Å². The number of rotatable bonds is 6. The highest BCUT2D eigenvalue weighted by atomic mass is 32.1. The minimum Gasteiger partial charge on any atom is -0.310 e. The zero-order valence-electron chi connectivity index (χ0n) is 28.4. The molecule has 0 atom stereocenters. The van der Waals surface area contributed by atoms with Gasteiger partial charge < -0.3 is 4.90 Å². The molecule has 0 radical (unpaired) electrons. The number of benzene rings is 9. The van der Waals surface area contributed by atoms with E-state index in [1.807, 2.05) is 11.3 Å². The SMILES string of the molecule is c1ccc(-c2cccc(N(c3ccc(-c4ccc5c(ccc6c7ccccc7sc56)c4)cc3)c3ccc(-c4cccc5ccccc45)cc3)c2)cc1. The molecule has 0 N–H and O–H groups in total. The fourth-order valence-electron chi connectivity index (χ4n) is 7.66. The monoisotopic (exact) mass is 679 g/mol. The summed E-state index contributed by atoms with van der Waals surface area (Å²) in [5.74, 6) is 0. The molecule has 1 nitrogen and oxygen atoms in total. The van der Waals surface area contributed by atoms with Gasteiger partial charge in [0, 0.05) is 37.2 Å². The zero-order chi connectivity index (χ0) is 34.4. The second kappa shape index (κ2) is 12.7. The van der Waals surface area contributed by atoms with Crippen LogP contribution >= 0.6 is 11.3 Å². The number of hydrogen-bond donors (Lipinski definition) is 0. The topological polar surface area (TPSA) is 3.24 Å². The average Bonchev–Trinajstić information content (AvgIpc) is 3.61. The van der Waals surface area contributed by atoms with Crippen molar-refractivity contribution in [2.24, 2.45) is 0 Å². The molecule has 0 bridgehead atoms. The van der Waals surface area contributed by atoms with E-state index in [0.717, 1.165) is 17.1 Å². The molecule has 10 aromatic rings. The first-order valence-corrected chi connectivity index (χ1v) is 18.6. The predicted octanol–water partition coefficient (Wildman–Crippen LogP) is 14.8. The highest BCUT2D eigenvalue weighted by molar-refractivity contribution is 7.26. The third-order valence-corrected chi connectivity index (χ3v) is 11.5. The first-order chi connectivity index (χ1) is 25.8. The lowest BCUT2D eigenvalue weighted by molar-refractivity contribution is 1.28. The van der Waals surface area contributed by atoms with E-state index in [-0.39, 0.29) is 0 Å². The first kappa shape index (κ1) is 30.4. The summed E-state index contributed by atoms with van der Waals surface area (Å²) in [5, 5.41) is 7.78. The molecule has 1 heterocycles. The van der Waals surface area contributed by atoms with Crippen LogP contribution in [0.5, 0.6) is 0 Å². The quantitative estimate of drug-likeness (QED) is 0.169.